The second-order valence-electron chi connectivity index (χ2n) is 4.36. The van der Waals surface area contributed by atoms with Crippen molar-refractivity contribution in [2.24, 2.45) is 0 Å². The van der Waals surface area contributed by atoms with Gasteiger partial charge in [-0.1, -0.05) is 0 Å². The molecule has 1 aliphatic heterocycles. The van der Waals surface area contributed by atoms with E-state index in [-0.39, 0.29) is 5.91 Å². The van der Waals surface area contributed by atoms with Gasteiger partial charge in [0, 0.05) is 33.1 Å². The third-order valence-corrected chi connectivity index (χ3v) is 2.93. The van der Waals surface area contributed by atoms with Gasteiger partial charge in [0.25, 0.3) is 5.91 Å². The average Bonchev–Trinajstić information content (AvgIpc) is 2.70. The molecular weight excluding hydrogens is 234 g/mol. The average molecular weight is 253 g/mol. The van der Waals surface area contributed by atoms with E-state index in [1.165, 1.54) is 0 Å². The lowest BCUT2D eigenvalue weighted by atomic mass is 10.3. The SMILES string of the molecule is Cc1nc(C)c(C(=O)NCCN2CCOCC2)o1. The first-order valence-corrected chi connectivity index (χ1v) is 6.19. The molecule has 0 aliphatic carbocycles. The Morgan fingerprint density at radius 3 is 2.72 bits per heavy atom. The van der Waals surface area contributed by atoms with Gasteiger partial charge >= 0.3 is 0 Å². The van der Waals surface area contributed by atoms with Crippen LogP contribution in [-0.2, 0) is 4.74 Å². The molecule has 100 valence electrons. The van der Waals surface area contributed by atoms with Gasteiger partial charge in [-0.2, -0.15) is 0 Å². The lowest BCUT2D eigenvalue weighted by Crippen LogP contribution is -2.41. The van der Waals surface area contributed by atoms with E-state index in [1.807, 2.05) is 0 Å². The Balaban J connectivity index is 1.76. The highest BCUT2D eigenvalue weighted by Crippen LogP contribution is 2.08. The molecule has 0 saturated carbocycles. The van der Waals surface area contributed by atoms with Crippen LogP contribution in [0.2, 0.25) is 0 Å². The standard InChI is InChI=1S/C12H19N3O3/c1-9-11(18-10(2)14-9)12(16)13-3-4-15-5-7-17-8-6-15/h3-8H2,1-2H3,(H,13,16). The molecule has 0 aromatic carbocycles. The topological polar surface area (TPSA) is 67.6 Å². The molecule has 0 bridgehead atoms. The molecule has 6 nitrogen and oxygen atoms in total. The molecule has 6 heteroatoms. The van der Waals surface area contributed by atoms with Gasteiger partial charge in [0.15, 0.2) is 5.89 Å². The van der Waals surface area contributed by atoms with Crippen molar-refractivity contribution < 1.29 is 13.9 Å². The quantitative estimate of drug-likeness (QED) is 0.839. The van der Waals surface area contributed by atoms with Gasteiger partial charge in [-0.05, 0) is 6.92 Å². The summed E-state index contributed by atoms with van der Waals surface area (Å²) in [7, 11) is 0. The molecule has 0 atom stereocenters. The summed E-state index contributed by atoms with van der Waals surface area (Å²) in [5, 5.41) is 2.85. The molecule has 2 heterocycles. The molecule has 1 saturated heterocycles. The first kappa shape index (κ1) is 13.0. The third kappa shape index (κ3) is 3.30. The van der Waals surface area contributed by atoms with Crippen molar-refractivity contribution in [1.82, 2.24) is 15.2 Å². The number of hydrogen-bond acceptors (Lipinski definition) is 5. The van der Waals surface area contributed by atoms with E-state index in [9.17, 15) is 4.79 Å². The summed E-state index contributed by atoms with van der Waals surface area (Å²) >= 11 is 0. The maximum Gasteiger partial charge on any atom is 0.289 e. The molecule has 1 amide bonds. The van der Waals surface area contributed by atoms with E-state index in [0.717, 1.165) is 32.8 Å². The van der Waals surface area contributed by atoms with Gasteiger partial charge in [0.2, 0.25) is 5.76 Å². The molecule has 0 radical (unpaired) electrons. The second-order valence-corrected chi connectivity index (χ2v) is 4.36. The normalized spacial score (nSPS) is 16.8. The van der Waals surface area contributed by atoms with E-state index in [0.29, 0.717) is 23.9 Å². The zero-order valence-corrected chi connectivity index (χ0v) is 10.9. The summed E-state index contributed by atoms with van der Waals surface area (Å²) < 4.78 is 10.5. The van der Waals surface area contributed by atoms with Crippen LogP contribution in [0, 0.1) is 13.8 Å². The summed E-state index contributed by atoms with van der Waals surface area (Å²) in [6.45, 7) is 8.35. The fourth-order valence-electron chi connectivity index (χ4n) is 1.97. The Bertz CT molecular complexity index is 411. The van der Waals surface area contributed by atoms with Crippen LogP contribution in [0.3, 0.4) is 0 Å². The number of rotatable bonds is 4. The molecule has 1 N–H and O–H groups in total. The van der Waals surface area contributed by atoms with E-state index >= 15 is 0 Å². The number of morpholine rings is 1. The number of carbonyl (C=O) groups is 1. The number of aryl methyl sites for hydroxylation is 2. The van der Waals surface area contributed by atoms with Crippen molar-refractivity contribution in [3.8, 4) is 0 Å². The largest absolute Gasteiger partial charge is 0.436 e. The lowest BCUT2D eigenvalue weighted by Gasteiger charge is -2.26. The number of nitrogens with zero attached hydrogens (tertiary/aromatic N) is 2. The maximum atomic E-state index is 11.8. The number of carbonyl (C=O) groups excluding carboxylic acids is 1. The Labute approximate surface area is 106 Å². The van der Waals surface area contributed by atoms with Crippen molar-refractivity contribution in [3.63, 3.8) is 0 Å². The van der Waals surface area contributed by atoms with Crippen molar-refractivity contribution in [3.05, 3.63) is 17.3 Å². The number of amides is 1. The predicted molar refractivity (Wildman–Crippen MR) is 65.6 cm³/mol. The van der Waals surface area contributed by atoms with Gasteiger partial charge in [-0.15, -0.1) is 0 Å². The number of ether oxygens (including phenoxy) is 1. The van der Waals surface area contributed by atoms with E-state index < -0.39 is 0 Å². The molecule has 1 fully saturated rings. The minimum absolute atomic E-state index is 0.193. The molecule has 1 aromatic heterocycles. The second kappa shape index (κ2) is 5.97. The zero-order chi connectivity index (χ0) is 13.0. The van der Waals surface area contributed by atoms with Crippen LogP contribution >= 0.6 is 0 Å². The number of hydrogen-bond donors (Lipinski definition) is 1. The minimum Gasteiger partial charge on any atom is -0.436 e. The van der Waals surface area contributed by atoms with Crippen LogP contribution < -0.4 is 5.32 Å². The summed E-state index contributed by atoms with van der Waals surface area (Å²) in [5.74, 6) is 0.640. The van der Waals surface area contributed by atoms with Crippen LogP contribution in [0.5, 0.6) is 0 Å². The van der Waals surface area contributed by atoms with Gasteiger partial charge in [0.1, 0.15) is 0 Å². The lowest BCUT2D eigenvalue weighted by molar-refractivity contribution is 0.0382. The zero-order valence-electron chi connectivity index (χ0n) is 10.9. The Kier molecular flexibility index (Phi) is 4.33. The monoisotopic (exact) mass is 253 g/mol. The van der Waals surface area contributed by atoms with Gasteiger partial charge < -0.3 is 14.5 Å². The van der Waals surface area contributed by atoms with Crippen molar-refractivity contribution in [1.29, 1.82) is 0 Å². The Hall–Kier alpha value is -1.40. The van der Waals surface area contributed by atoms with Crippen LogP contribution in [0.25, 0.3) is 0 Å². The van der Waals surface area contributed by atoms with E-state index in [2.05, 4.69) is 15.2 Å². The smallest absolute Gasteiger partial charge is 0.289 e. The summed E-state index contributed by atoms with van der Waals surface area (Å²) in [4.78, 5) is 18.2. The Morgan fingerprint density at radius 1 is 1.39 bits per heavy atom. The molecule has 0 unspecified atom stereocenters. The molecule has 18 heavy (non-hydrogen) atoms. The number of aromatic nitrogens is 1. The molecular formula is C12H19N3O3. The minimum atomic E-state index is -0.193. The predicted octanol–water partition coefficient (Wildman–Crippen LogP) is 0.353. The van der Waals surface area contributed by atoms with Crippen LogP contribution in [-0.4, -0.2) is 55.2 Å². The highest BCUT2D eigenvalue weighted by atomic mass is 16.5. The van der Waals surface area contributed by atoms with E-state index in [4.69, 9.17) is 9.15 Å². The summed E-state index contributed by atoms with van der Waals surface area (Å²) in [6.07, 6.45) is 0. The highest BCUT2D eigenvalue weighted by molar-refractivity contribution is 5.92. The third-order valence-electron chi connectivity index (χ3n) is 2.93. The van der Waals surface area contributed by atoms with Crippen molar-refractivity contribution >= 4 is 5.91 Å². The maximum absolute atomic E-state index is 11.8. The first-order valence-electron chi connectivity index (χ1n) is 6.19. The molecule has 1 aromatic rings. The number of nitrogens with one attached hydrogen (secondary N) is 1. The number of oxazole rings is 1. The summed E-state index contributed by atoms with van der Waals surface area (Å²) in [6, 6.07) is 0. The van der Waals surface area contributed by atoms with E-state index in [1.54, 1.807) is 13.8 Å². The van der Waals surface area contributed by atoms with Gasteiger partial charge in [-0.3, -0.25) is 9.69 Å². The molecule has 1 aliphatic rings. The highest BCUT2D eigenvalue weighted by Gasteiger charge is 2.16. The van der Waals surface area contributed by atoms with Gasteiger partial charge in [0.05, 0.1) is 18.9 Å². The van der Waals surface area contributed by atoms with Crippen LogP contribution in [0.1, 0.15) is 22.1 Å². The van der Waals surface area contributed by atoms with Gasteiger partial charge in [-0.25, -0.2) is 4.98 Å². The van der Waals surface area contributed by atoms with Crippen LogP contribution in [0.15, 0.2) is 4.42 Å². The fraction of sp³-hybridized carbons (Fsp3) is 0.667. The Morgan fingerprint density at radius 2 is 2.11 bits per heavy atom. The first-order chi connectivity index (χ1) is 8.66. The molecule has 2 rings (SSSR count). The van der Waals surface area contributed by atoms with Crippen molar-refractivity contribution in [2.45, 2.75) is 13.8 Å². The van der Waals surface area contributed by atoms with Crippen molar-refractivity contribution in [2.75, 3.05) is 39.4 Å². The van der Waals surface area contributed by atoms with Crippen LogP contribution in [0.4, 0.5) is 0 Å². The molecule has 0 spiro atoms. The summed E-state index contributed by atoms with van der Waals surface area (Å²) in [5.41, 5.74) is 0.636. The fourth-order valence-corrected chi connectivity index (χ4v) is 1.97.